The van der Waals surface area contributed by atoms with Crippen LogP contribution in [-0.2, 0) is 4.79 Å². The Labute approximate surface area is 62.2 Å². The van der Waals surface area contributed by atoms with Crippen LogP contribution in [0.25, 0.3) is 0 Å². The lowest BCUT2D eigenvalue weighted by Crippen LogP contribution is -2.40. The third kappa shape index (κ3) is 5.56. The Bertz CT molecular complexity index is 93.6. The number of hydrogen-bond acceptors (Lipinski definition) is 2. The number of carbonyl (C=O) groups excluding carboxylic acids is 1. The standard InChI is InChI=1S/C7H16N2O/c1-6(2)4-8-7(3)9-5-10/h5-8H,4H2,1-3H3,(H,9,10). The Morgan fingerprint density at radius 1 is 1.40 bits per heavy atom. The number of hydrogen-bond donors (Lipinski definition) is 2. The number of nitrogens with one attached hydrogen (secondary N) is 2. The smallest absolute Gasteiger partial charge is 0.208 e. The molecule has 0 aromatic rings. The van der Waals surface area contributed by atoms with Crippen molar-refractivity contribution >= 4 is 6.41 Å². The number of carbonyl (C=O) groups is 1. The van der Waals surface area contributed by atoms with Crippen LogP contribution in [0.5, 0.6) is 0 Å². The van der Waals surface area contributed by atoms with E-state index in [-0.39, 0.29) is 6.17 Å². The highest BCUT2D eigenvalue weighted by Gasteiger charge is 1.98. The Morgan fingerprint density at radius 3 is 2.40 bits per heavy atom. The molecule has 0 saturated heterocycles. The van der Waals surface area contributed by atoms with Gasteiger partial charge in [-0.2, -0.15) is 0 Å². The predicted octanol–water partition coefficient (Wildman–Crippen LogP) is 0.324. The molecular weight excluding hydrogens is 128 g/mol. The first-order valence-corrected chi connectivity index (χ1v) is 3.60. The van der Waals surface area contributed by atoms with Crippen molar-refractivity contribution in [2.75, 3.05) is 6.54 Å². The highest BCUT2D eigenvalue weighted by molar-refractivity contribution is 5.46. The van der Waals surface area contributed by atoms with Gasteiger partial charge in [0.05, 0.1) is 6.17 Å². The lowest BCUT2D eigenvalue weighted by atomic mass is 10.2. The fourth-order valence-corrected chi connectivity index (χ4v) is 0.573. The molecule has 10 heavy (non-hydrogen) atoms. The van der Waals surface area contributed by atoms with Crippen molar-refractivity contribution in [1.82, 2.24) is 10.6 Å². The topological polar surface area (TPSA) is 41.1 Å². The zero-order valence-corrected chi connectivity index (χ0v) is 6.85. The van der Waals surface area contributed by atoms with Gasteiger partial charge in [-0.05, 0) is 19.4 Å². The van der Waals surface area contributed by atoms with Crippen LogP contribution in [0.2, 0.25) is 0 Å². The Hall–Kier alpha value is -0.570. The second kappa shape index (κ2) is 5.23. The summed E-state index contributed by atoms with van der Waals surface area (Å²) in [6.07, 6.45) is 0.790. The molecule has 1 amide bonds. The van der Waals surface area contributed by atoms with Crippen LogP contribution < -0.4 is 10.6 Å². The zero-order chi connectivity index (χ0) is 7.98. The number of rotatable bonds is 5. The SMILES string of the molecule is CC(C)CNC(C)NC=O. The minimum Gasteiger partial charge on any atom is -0.344 e. The van der Waals surface area contributed by atoms with E-state index in [1.165, 1.54) is 0 Å². The molecule has 0 heterocycles. The van der Waals surface area contributed by atoms with Crippen LogP contribution in [0.15, 0.2) is 0 Å². The molecule has 0 rings (SSSR count). The molecule has 2 N–H and O–H groups in total. The van der Waals surface area contributed by atoms with E-state index >= 15 is 0 Å². The van der Waals surface area contributed by atoms with Gasteiger partial charge in [-0.25, -0.2) is 0 Å². The maximum atomic E-state index is 9.91. The van der Waals surface area contributed by atoms with Gasteiger partial charge in [-0.15, -0.1) is 0 Å². The summed E-state index contributed by atoms with van der Waals surface area (Å²) in [5.41, 5.74) is 0. The Kier molecular flexibility index (Phi) is 4.94. The second-order valence-corrected chi connectivity index (χ2v) is 2.81. The summed E-state index contributed by atoms with van der Waals surface area (Å²) in [5, 5.41) is 5.75. The average molecular weight is 144 g/mol. The van der Waals surface area contributed by atoms with E-state index in [1.54, 1.807) is 0 Å². The summed E-state index contributed by atoms with van der Waals surface area (Å²) in [5.74, 6) is 0.621. The first-order valence-electron chi connectivity index (χ1n) is 3.60. The summed E-state index contributed by atoms with van der Waals surface area (Å²) in [7, 11) is 0. The van der Waals surface area contributed by atoms with Crippen LogP contribution in [0.3, 0.4) is 0 Å². The minimum atomic E-state index is 0.0832. The van der Waals surface area contributed by atoms with E-state index in [0.29, 0.717) is 12.3 Å². The highest BCUT2D eigenvalue weighted by atomic mass is 16.1. The largest absolute Gasteiger partial charge is 0.344 e. The van der Waals surface area contributed by atoms with Gasteiger partial charge >= 0.3 is 0 Å². The van der Waals surface area contributed by atoms with Crippen molar-refractivity contribution in [3.05, 3.63) is 0 Å². The van der Waals surface area contributed by atoms with E-state index in [4.69, 9.17) is 0 Å². The molecule has 0 bridgehead atoms. The van der Waals surface area contributed by atoms with Gasteiger partial charge < -0.3 is 5.32 Å². The van der Waals surface area contributed by atoms with Crippen LogP contribution in [0.1, 0.15) is 20.8 Å². The van der Waals surface area contributed by atoms with Crippen LogP contribution >= 0.6 is 0 Å². The van der Waals surface area contributed by atoms with Crippen molar-refractivity contribution < 1.29 is 4.79 Å². The Morgan fingerprint density at radius 2 is 2.00 bits per heavy atom. The molecule has 0 radical (unpaired) electrons. The molecule has 0 saturated carbocycles. The molecule has 0 fully saturated rings. The molecule has 3 heteroatoms. The zero-order valence-electron chi connectivity index (χ0n) is 6.85. The molecule has 1 atom stereocenters. The average Bonchev–Trinajstić information content (AvgIpc) is 1.85. The van der Waals surface area contributed by atoms with Gasteiger partial charge in [0.1, 0.15) is 0 Å². The molecule has 0 spiro atoms. The third-order valence-corrected chi connectivity index (χ3v) is 1.15. The van der Waals surface area contributed by atoms with Gasteiger partial charge in [0.15, 0.2) is 0 Å². The maximum Gasteiger partial charge on any atom is 0.208 e. The van der Waals surface area contributed by atoms with Crippen LogP contribution in [0.4, 0.5) is 0 Å². The van der Waals surface area contributed by atoms with E-state index < -0.39 is 0 Å². The molecule has 0 aliphatic carbocycles. The van der Waals surface area contributed by atoms with Gasteiger partial charge in [0.25, 0.3) is 0 Å². The summed E-state index contributed by atoms with van der Waals surface area (Å²) in [4.78, 5) is 9.91. The molecule has 0 aliphatic rings. The molecule has 0 aromatic carbocycles. The lowest BCUT2D eigenvalue weighted by Gasteiger charge is -2.13. The van der Waals surface area contributed by atoms with Crippen LogP contribution in [0, 0.1) is 5.92 Å². The molecule has 3 nitrogen and oxygen atoms in total. The van der Waals surface area contributed by atoms with Crippen molar-refractivity contribution in [1.29, 1.82) is 0 Å². The summed E-state index contributed by atoms with van der Waals surface area (Å²) < 4.78 is 0. The van der Waals surface area contributed by atoms with Crippen molar-refractivity contribution in [3.8, 4) is 0 Å². The van der Waals surface area contributed by atoms with Crippen molar-refractivity contribution in [2.24, 2.45) is 5.92 Å². The summed E-state index contributed by atoms with van der Waals surface area (Å²) >= 11 is 0. The van der Waals surface area contributed by atoms with Gasteiger partial charge in [0, 0.05) is 0 Å². The second-order valence-electron chi connectivity index (χ2n) is 2.81. The molecular formula is C7H16N2O. The lowest BCUT2D eigenvalue weighted by molar-refractivity contribution is -0.110. The highest BCUT2D eigenvalue weighted by Crippen LogP contribution is 1.87. The van der Waals surface area contributed by atoms with Crippen molar-refractivity contribution in [3.63, 3.8) is 0 Å². The fraction of sp³-hybridized carbons (Fsp3) is 0.857. The molecule has 60 valence electrons. The molecule has 0 aliphatic heterocycles. The maximum absolute atomic E-state index is 9.91. The fourth-order valence-electron chi connectivity index (χ4n) is 0.573. The third-order valence-electron chi connectivity index (χ3n) is 1.15. The molecule has 1 unspecified atom stereocenters. The summed E-state index contributed by atoms with van der Waals surface area (Å²) in [6, 6.07) is 0. The van der Waals surface area contributed by atoms with Gasteiger partial charge in [-0.1, -0.05) is 13.8 Å². The quantitative estimate of drug-likeness (QED) is 0.431. The van der Waals surface area contributed by atoms with E-state index in [9.17, 15) is 4.79 Å². The molecule has 0 aromatic heterocycles. The Balaban J connectivity index is 3.20. The van der Waals surface area contributed by atoms with Crippen molar-refractivity contribution in [2.45, 2.75) is 26.9 Å². The first-order chi connectivity index (χ1) is 4.66. The van der Waals surface area contributed by atoms with E-state index in [2.05, 4.69) is 24.5 Å². The van der Waals surface area contributed by atoms with Gasteiger partial charge in [0.2, 0.25) is 6.41 Å². The minimum absolute atomic E-state index is 0.0832. The predicted molar refractivity (Wildman–Crippen MR) is 41.5 cm³/mol. The van der Waals surface area contributed by atoms with Gasteiger partial charge in [-0.3, -0.25) is 10.1 Å². The first kappa shape index (κ1) is 9.43. The van der Waals surface area contributed by atoms with E-state index in [1.807, 2.05) is 6.92 Å². The number of amides is 1. The normalized spacial score (nSPS) is 13.2. The van der Waals surface area contributed by atoms with Crippen LogP contribution in [-0.4, -0.2) is 19.1 Å². The van der Waals surface area contributed by atoms with E-state index in [0.717, 1.165) is 6.54 Å². The summed E-state index contributed by atoms with van der Waals surface area (Å²) in [6.45, 7) is 7.10. The monoisotopic (exact) mass is 144 g/mol.